The lowest BCUT2D eigenvalue weighted by molar-refractivity contribution is 0.102. The Kier molecular flexibility index (Phi) is 4.75. The highest BCUT2D eigenvalue weighted by molar-refractivity contribution is 6.04. The second kappa shape index (κ2) is 7.13. The maximum atomic E-state index is 13.7. The maximum absolute atomic E-state index is 13.7. The Labute approximate surface area is 145 Å². The summed E-state index contributed by atoms with van der Waals surface area (Å²) in [5.74, 6) is -0.637. The van der Waals surface area contributed by atoms with Gasteiger partial charge in [-0.15, -0.1) is 0 Å². The number of aromatic nitrogens is 1. The molecule has 0 unspecified atom stereocenters. The van der Waals surface area contributed by atoms with Gasteiger partial charge in [-0.1, -0.05) is 18.2 Å². The third-order valence-electron chi connectivity index (χ3n) is 3.63. The lowest BCUT2D eigenvalue weighted by Gasteiger charge is -2.10. The first kappa shape index (κ1) is 16.6. The Morgan fingerprint density at radius 2 is 1.68 bits per heavy atom. The van der Waals surface area contributed by atoms with Gasteiger partial charge in [-0.3, -0.25) is 9.78 Å². The van der Waals surface area contributed by atoms with Crippen molar-refractivity contribution < 1.29 is 9.18 Å². The van der Waals surface area contributed by atoms with Crippen molar-refractivity contribution in [2.75, 3.05) is 10.6 Å². The number of hydrogen-bond donors (Lipinski definition) is 2. The number of carbonyl (C=O) groups is 1. The van der Waals surface area contributed by atoms with E-state index < -0.39 is 0 Å². The smallest absolute Gasteiger partial charge is 0.257 e. The van der Waals surface area contributed by atoms with Crippen LogP contribution < -0.4 is 10.6 Å². The minimum atomic E-state index is -0.368. The van der Waals surface area contributed by atoms with Crippen LogP contribution in [-0.2, 0) is 0 Å². The highest BCUT2D eigenvalue weighted by Crippen LogP contribution is 2.20. The van der Waals surface area contributed by atoms with Gasteiger partial charge in [-0.2, -0.15) is 0 Å². The van der Waals surface area contributed by atoms with E-state index in [1.54, 1.807) is 30.5 Å². The van der Waals surface area contributed by atoms with Crippen LogP contribution in [0.3, 0.4) is 0 Å². The molecule has 3 aromatic rings. The molecule has 4 nitrogen and oxygen atoms in total. The number of nitrogens with one attached hydrogen (secondary N) is 2. The number of nitrogens with zero attached hydrogens (tertiary/aromatic N) is 1. The number of aryl methyl sites for hydroxylation is 2. The molecule has 0 saturated carbocycles. The van der Waals surface area contributed by atoms with Gasteiger partial charge >= 0.3 is 0 Å². The molecule has 0 atom stereocenters. The van der Waals surface area contributed by atoms with Gasteiger partial charge in [0.2, 0.25) is 0 Å². The molecule has 1 heterocycles. The first-order chi connectivity index (χ1) is 12.0. The highest BCUT2D eigenvalue weighted by atomic mass is 19.1. The number of halogens is 1. The molecule has 1 aromatic heterocycles. The van der Waals surface area contributed by atoms with Crippen molar-refractivity contribution in [1.29, 1.82) is 0 Å². The van der Waals surface area contributed by atoms with E-state index in [0.717, 1.165) is 16.8 Å². The molecule has 3 rings (SSSR count). The number of pyridine rings is 1. The van der Waals surface area contributed by atoms with Gasteiger partial charge in [0.15, 0.2) is 0 Å². The molecule has 0 aliphatic rings. The van der Waals surface area contributed by atoms with E-state index in [1.165, 1.54) is 12.3 Å². The van der Waals surface area contributed by atoms with Crippen molar-refractivity contribution in [3.05, 3.63) is 83.4 Å². The zero-order chi connectivity index (χ0) is 17.8. The summed E-state index contributed by atoms with van der Waals surface area (Å²) in [5.41, 5.74) is 4.14. The summed E-state index contributed by atoms with van der Waals surface area (Å²) < 4.78 is 13.7. The van der Waals surface area contributed by atoms with Crippen LogP contribution >= 0.6 is 0 Å². The number of para-hydroxylation sites is 1. The lowest BCUT2D eigenvalue weighted by atomic mass is 10.1. The molecular weight excluding hydrogens is 317 g/mol. The molecule has 0 aliphatic heterocycles. The summed E-state index contributed by atoms with van der Waals surface area (Å²) in [6, 6.07) is 13.8. The molecular formula is C20H18FN3O. The van der Waals surface area contributed by atoms with E-state index in [-0.39, 0.29) is 11.7 Å². The Hall–Kier alpha value is -3.21. The Morgan fingerprint density at radius 1 is 0.960 bits per heavy atom. The molecule has 0 spiro atoms. The zero-order valence-corrected chi connectivity index (χ0v) is 14.0. The second-order valence-electron chi connectivity index (χ2n) is 5.90. The van der Waals surface area contributed by atoms with Crippen LogP contribution in [0.2, 0.25) is 0 Å². The summed E-state index contributed by atoms with van der Waals surface area (Å²) >= 11 is 0. The molecule has 0 aliphatic carbocycles. The fourth-order valence-corrected chi connectivity index (χ4v) is 2.60. The molecule has 2 aromatic carbocycles. The highest BCUT2D eigenvalue weighted by Gasteiger charge is 2.09. The van der Waals surface area contributed by atoms with Gasteiger partial charge in [0, 0.05) is 11.9 Å². The molecule has 0 bridgehead atoms. The van der Waals surface area contributed by atoms with Gasteiger partial charge in [-0.25, -0.2) is 4.39 Å². The Balaban J connectivity index is 1.78. The first-order valence-electron chi connectivity index (χ1n) is 7.87. The average Bonchev–Trinajstić information content (AvgIpc) is 2.56. The van der Waals surface area contributed by atoms with Crippen LogP contribution in [0.1, 0.15) is 21.5 Å². The largest absolute Gasteiger partial charge is 0.352 e. The first-order valence-corrected chi connectivity index (χ1v) is 7.87. The topological polar surface area (TPSA) is 54.0 Å². The summed E-state index contributed by atoms with van der Waals surface area (Å²) in [7, 11) is 0. The van der Waals surface area contributed by atoms with Crippen LogP contribution in [0.15, 0.2) is 60.9 Å². The molecule has 1 amide bonds. The van der Waals surface area contributed by atoms with E-state index in [9.17, 15) is 9.18 Å². The molecule has 5 heteroatoms. The standard InChI is InChI=1S/C20H18FN3O/c1-13-7-14(2)9-16(8-13)24-20(25)15-10-17(12-22-11-15)23-19-6-4-3-5-18(19)21/h3-12,23H,1-2H3,(H,24,25). The number of anilines is 3. The van der Waals surface area contributed by atoms with Gasteiger partial charge in [0.1, 0.15) is 5.82 Å². The fourth-order valence-electron chi connectivity index (χ4n) is 2.60. The van der Waals surface area contributed by atoms with Gasteiger partial charge in [-0.05, 0) is 55.3 Å². The third-order valence-corrected chi connectivity index (χ3v) is 3.63. The van der Waals surface area contributed by atoms with Gasteiger partial charge in [0.25, 0.3) is 5.91 Å². The van der Waals surface area contributed by atoms with Gasteiger partial charge in [0.05, 0.1) is 23.1 Å². The quantitative estimate of drug-likeness (QED) is 0.718. The molecule has 0 radical (unpaired) electrons. The monoisotopic (exact) mass is 335 g/mol. The van der Waals surface area contributed by atoms with E-state index in [2.05, 4.69) is 15.6 Å². The van der Waals surface area contributed by atoms with Crippen LogP contribution in [-0.4, -0.2) is 10.9 Å². The Bertz CT molecular complexity index is 904. The number of hydrogen-bond acceptors (Lipinski definition) is 3. The normalized spacial score (nSPS) is 10.4. The summed E-state index contributed by atoms with van der Waals surface area (Å²) in [6.45, 7) is 3.95. The fraction of sp³-hybridized carbons (Fsp3) is 0.100. The summed E-state index contributed by atoms with van der Waals surface area (Å²) in [6.07, 6.45) is 3.02. The average molecular weight is 335 g/mol. The SMILES string of the molecule is Cc1cc(C)cc(NC(=O)c2cncc(Nc3ccccc3F)c2)c1. The summed E-state index contributed by atoms with van der Waals surface area (Å²) in [5, 5.41) is 5.79. The van der Waals surface area contributed by atoms with E-state index in [4.69, 9.17) is 0 Å². The van der Waals surface area contributed by atoms with Crippen molar-refractivity contribution in [3.63, 3.8) is 0 Å². The minimum absolute atomic E-state index is 0.269. The van der Waals surface area contributed by atoms with Crippen LogP contribution in [0.4, 0.5) is 21.5 Å². The van der Waals surface area contributed by atoms with Crippen LogP contribution in [0.25, 0.3) is 0 Å². The molecule has 2 N–H and O–H groups in total. The van der Waals surface area contributed by atoms with Crippen molar-refractivity contribution in [1.82, 2.24) is 4.98 Å². The molecule has 126 valence electrons. The minimum Gasteiger partial charge on any atom is -0.352 e. The second-order valence-corrected chi connectivity index (χ2v) is 5.90. The lowest BCUT2D eigenvalue weighted by Crippen LogP contribution is -2.12. The van der Waals surface area contributed by atoms with Crippen molar-refractivity contribution >= 4 is 23.0 Å². The maximum Gasteiger partial charge on any atom is 0.257 e. The van der Waals surface area contributed by atoms with E-state index >= 15 is 0 Å². The predicted octanol–water partition coefficient (Wildman–Crippen LogP) is 4.83. The molecule has 0 fully saturated rings. The number of benzene rings is 2. The van der Waals surface area contributed by atoms with Crippen LogP contribution in [0, 0.1) is 19.7 Å². The van der Waals surface area contributed by atoms with Crippen molar-refractivity contribution in [2.45, 2.75) is 13.8 Å². The zero-order valence-electron chi connectivity index (χ0n) is 14.0. The van der Waals surface area contributed by atoms with E-state index in [1.807, 2.05) is 32.0 Å². The Morgan fingerprint density at radius 3 is 2.40 bits per heavy atom. The number of carbonyl (C=O) groups excluding carboxylic acids is 1. The summed E-state index contributed by atoms with van der Waals surface area (Å²) in [4.78, 5) is 16.5. The number of rotatable bonds is 4. The van der Waals surface area contributed by atoms with E-state index in [0.29, 0.717) is 16.9 Å². The van der Waals surface area contributed by atoms with Crippen LogP contribution in [0.5, 0.6) is 0 Å². The third kappa shape index (κ3) is 4.20. The van der Waals surface area contributed by atoms with Gasteiger partial charge < -0.3 is 10.6 Å². The number of amides is 1. The van der Waals surface area contributed by atoms with Crippen molar-refractivity contribution in [3.8, 4) is 0 Å². The van der Waals surface area contributed by atoms with Crippen molar-refractivity contribution in [2.24, 2.45) is 0 Å². The molecule has 25 heavy (non-hydrogen) atoms. The molecule has 0 saturated heterocycles. The predicted molar refractivity (Wildman–Crippen MR) is 97.8 cm³/mol.